The molecule has 0 radical (unpaired) electrons. The van der Waals surface area contributed by atoms with E-state index in [1.54, 1.807) is 22.1 Å². The highest BCUT2D eigenvalue weighted by Crippen LogP contribution is 2.29. The largest absolute Gasteiger partial charge is 0.461 e. The van der Waals surface area contributed by atoms with E-state index >= 15 is 0 Å². The van der Waals surface area contributed by atoms with Crippen LogP contribution in [0.3, 0.4) is 0 Å². The average Bonchev–Trinajstić information content (AvgIpc) is 3.66. The molecular formula is C29H30N6O5S. The lowest BCUT2D eigenvalue weighted by Crippen LogP contribution is -2.55. The molecule has 0 aliphatic carbocycles. The van der Waals surface area contributed by atoms with Gasteiger partial charge in [-0.3, -0.25) is 24.3 Å². The molecule has 1 saturated heterocycles. The zero-order valence-corrected chi connectivity index (χ0v) is 23.6. The fourth-order valence-electron chi connectivity index (χ4n) is 4.80. The number of nitro groups is 1. The number of amides is 2. The van der Waals surface area contributed by atoms with Crippen molar-refractivity contribution in [1.29, 1.82) is 0 Å². The number of benzene rings is 2. The Labute approximate surface area is 241 Å². The Bertz CT molecular complexity index is 1540. The topological polar surface area (TPSA) is 128 Å². The minimum atomic E-state index is -0.514. The molecule has 12 heteroatoms. The number of carbonyl (C=O) groups is 2. The highest BCUT2D eigenvalue weighted by atomic mass is 32.2. The molecule has 11 nitrogen and oxygen atoms in total. The number of thioether (sulfide) groups is 1. The Kier molecular flexibility index (Phi) is 8.48. The van der Waals surface area contributed by atoms with Gasteiger partial charge in [-0.1, -0.05) is 35.5 Å². The van der Waals surface area contributed by atoms with Gasteiger partial charge in [0.05, 0.1) is 11.2 Å². The lowest BCUT2D eigenvalue weighted by atomic mass is 10.1. The van der Waals surface area contributed by atoms with Crippen LogP contribution in [0, 0.1) is 17.0 Å². The molecule has 1 aliphatic rings. The van der Waals surface area contributed by atoms with Crippen LogP contribution in [0.15, 0.2) is 76.5 Å². The van der Waals surface area contributed by atoms with Crippen molar-refractivity contribution in [2.75, 3.05) is 25.4 Å². The smallest absolute Gasteiger partial charge is 0.270 e. The van der Waals surface area contributed by atoms with Crippen molar-refractivity contribution in [3.05, 3.63) is 88.2 Å². The number of hydrogen-bond donors (Lipinski definition) is 0. The maximum atomic E-state index is 13.0. The molecule has 4 aromatic rings. The number of nitrogens with zero attached hydrogens (tertiary/aromatic N) is 6. The quantitative estimate of drug-likeness (QED) is 0.118. The van der Waals surface area contributed by atoms with E-state index in [2.05, 4.69) is 10.2 Å². The first-order valence-corrected chi connectivity index (χ1v) is 14.3. The number of hydrogen-bond acceptors (Lipinski definition) is 8. The van der Waals surface area contributed by atoms with Crippen LogP contribution in [0.2, 0.25) is 0 Å². The first-order chi connectivity index (χ1) is 19.8. The molecular weight excluding hydrogens is 544 g/mol. The molecule has 0 saturated carbocycles. The molecule has 5 rings (SSSR count). The standard InChI is InChI=1S/C29H30N6O5S/c1-20-10-12-23(13-11-20)34-27(25-8-4-16-40-25)30-31-29(34)41-17-5-9-26(36)32-14-15-33(21(2)19-32)28(37)22-6-3-7-24(18-22)35(38)39/h3-4,6-8,10-13,16,18,21H,5,9,14-15,17,19H2,1-2H3. The maximum Gasteiger partial charge on any atom is 0.270 e. The third-order valence-electron chi connectivity index (χ3n) is 6.98. The van der Waals surface area contributed by atoms with Gasteiger partial charge >= 0.3 is 0 Å². The van der Waals surface area contributed by atoms with Crippen LogP contribution in [0.25, 0.3) is 17.3 Å². The zero-order valence-electron chi connectivity index (χ0n) is 22.8. The van der Waals surface area contributed by atoms with E-state index in [1.807, 2.05) is 54.8 Å². The van der Waals surface area contributed by atoms with Crippen molar-refractivity contribution in [3.8, 4) is 17.3 Å². The van der Waals surface area contributed by atoms with E-state index in [9.17, 15) is 19.7 Å². The van der Waals surface area contributed by atoms with Gasteiger partial charge in [0.1, 0.15) is 0 Å². The molecule has 2 amide bonds. The predicted molar refractivity (Wildman–Crippen MR) is 154 cm³/mol. The third kappa shape index (κ3) is 6.32. The summed E-state index contributed by atoms with van der Waals surface area (Å²) >= 11 is 1.53. The van der Waals surface area contributed by atoms with Crippen molar-refractivity contribution < 1.29 is 18.9 Å². The summed E-state index contributed by atoms with van der Waals surface area (Å²) in [5.41, 5.74) is 2.23. The lowest BCUT2D eigenvalue weighted by Gasteiger charge is -2.40. The first kappa shape index (κ1) is 28.1. The van der Waals surface area contributed by atoms with Crippen LogP contribution in [-0.4, -0.2) is 72.7 Å². The zero-order chi connectivity index (χ0) is 28.9. The van der Waals surface area contributed by atoms with Crippen molar-refractivity contribution in [2.24, 2.45) is 0 Å². The number of aryl methyl sites for hydroxylation is 1. The number of rotatable bonds is 9. The molecule has 3 heterocycles. The van der Waals surface area contributed by atoms with E-state index < -0.39 is 4.92 Å². The monoisotopic (exact) mass is 574 g/mol. The molecule has 0 bridgehead atoms. The summed E-state index contributed by atoms with van der Waals surface area (Å²) in [7, 11) is 0. The number of furan rings is 1. The summed E-state index contributed by atoms with van der Waals surface area (Å²) in [6.07, 6.45) is 2.63. The average molecular weight is 575 g/mol. The SMILES string of the molecule is Cc1ccc(-n2c(SCCCC(=O)N3CCN(C(=O)c4cccc([N+](=O)[O-])c4)C(C)C3)nnc2-c2ccco2)cc1. The Balaban J connectivity index is 1.16. The highest BCUT2D eigenvalue weighted by molar-refractivity contribution is 7.99. The number of aromatic nitrogens is 3. The van der Waals surface area contributed by atoms with E-state index in [1.165, 1.54) is 30.0 Å². The molecule has 1 unspecified atom stereocenters. The van der Waals surface area contributed by atoms with Crippen LogP contribution in [0.1, 0.15) is 35.7 Å². The molecule has 1 atom stereocenters. The van der Waals surface area contributed by atoms with E-state index in [0.29, 0.717) is 49.8 Å². The van der Waals surface area contributed by atoms with Crippen molar-refractivity contribution in [3.63, 3.8) is 0 Å². The second kappa shape index (κ2) is 12.4. The molecule has 2 aromatic heterocycles. The third-order valence-corrected chi connectivity index (χ3v) is 7.99. The minimum absolute atomic E-state index is 0.0381. The number of carbonyl (C=O) groups excluding carboxylic acids is 2. The van der Waals surface area contributed by atoms with Crippen LogP contribution in [0.5, 0.6) is 0 Å². The summed E-state index contributed by atoms with van der Waals surface area (Å²) in [4.78, 5) is 40.0. The van der Waals surface area contributed by atoms with Crippen LogP contribution < -0.4 is 0 Å². The van der Waals surface area contributed by atoms with Gasteiger partial charge in [0.25, 0.3) is 11.6 Å². The van der Waals surface area contributed by atoms with Gasteiger partial charge < -0.3 is 14.2 Å². The number of non-ortho nitro benzene ring substituents is 1. The highest BCUT2D eigenvalue weighted by Gasteiger charge is 2.30. The number of piperazine rings is 1. The van der Waals surface area contributed by atoms with E-state index in [-0.39, 0.29) is 29.1 Å². The first-order valence-electron chi connectivity index (χ1n) is 13.3. The predicted octanol–water partition coefficient (Wildman–Crippen LogP) is 4.99. The van der Waals surface area contributed by atoms with Gasteiger partial charge in [-0.2, -0.15) is 0 Å². The summed E-state index contributed by atoms with van der Waals surface area (Å²) in [6, 6.07) is 17.3. The Morgan fingerprint density at radius 2 is 1.90 bits per heavy atom. The van der Waals surface area contributed by atoms with Gasteiger partial charge in [-0.25, -0.2) is 0 Å². The Morgan fingerprint density at radius 3 is 2.61 bits per heavy atom. The molecule has 41 heavy (non-hydrogen) atoms. The van der Waals surface area contributed by atoms with Gasteiger partial charge in [0.2, 0.25) is 11.7 Å². The molecule has 0 N–H and O–H groups in total. The summed E-state index contributed by atoms with van der Waals surface area (Å²) in [5, 5.41) is 20.6. The van der Waals surface area contributed by atoms with Crippen molar-refractivity contribution in [1.82, 2.24) is 24.6 Å². The fourth-order valence-corrected chi connectivity index (χ4v) is 5.70. The summed E-state index contributed by atoms with van der Waals surface area (Å²) < 4.78 is 7.54. The Morgan fingerprint density at radius 1 is 1.10 bits per heavy atom. The second-order valence-corrected chi connectivity index (χ2v) is 11.0. The lowest BCUT2D eigenvalue weighted by molar-refractivity contribution is -0.384. The van der Waals surface area contributed by atoms with E-state index in [4.69, 9.17) is 4.42 Å². The van der Waals surface area contributed by atoms with Gasteiger partial charge in [-0.15, -0.1) is 10.2 Å². The normalized spacial score (nSPS) is 15.2. The molecule has 1 fully saturated rings. The fraction of sp³-hybridized carbons (Fsp3) is 0.310. The number of nitro benzene ring substituents is 1. The molecule has 2 aromatic carbocycles. The van der Waals surface area contributed by atoms with Crippen molar-refractivity contribution in [2.45, 2.75) is 37.9 Å². The maximum absolute atomic E-state index is 13.0. The van der Waals surface area contributed by atoms with Crippen molar-refractivity contribution >= 4 is 29.3 Å². The Hall–Kier alpha value is -4.45. The summed E-state index contributed by atoms with van der Waals surface area (Å²) in [6.45, 7) is 5.13. The molecule has 212 valence electrons. The van der Waals surface area contributed by atoms with Crippen LogP contribution in [-0.2, 0) is 4.79 Å². The van der Waals surface area contributed by atoms with Gasteiger partial charge in [-0.05, 0) is 50.6 Å². The second-order valence-electron chi connectivity index (χ2n) is 9.90. The minimum Gasteiger partial charge on any atom is -0.461 e. The molecule has 1 aliphatic heterocycles. The molecule has 0 spiro atoms. The van der Waals surface area contributed by atoms with E-state index in [0.717, 1.165) is 16.4 Å². The summed E-state index contributed by atoms with van der Waals surface area (Å²) in [5.74, 6) is 1.68. The van der Waals surface area contributed by atoms with Crippen LogP contribution >= 0.6 is 11.8 Å². The van der Waals surface area contributed by atoms with Gasteiger partial charge in [0.15, 0.2) is 10.9 Å². The van der Waals surface area contributed by atoms with Gasteiger partial charge in [0, 0.05) is 61.2 Å². The van der Waals surface area contributed by atoms with Crippen LogP contribution in [0.4, 0.5) is 5.69 Å².